The van der Waals surface area contributed by atoms with Crippen molar-refractivity contribution >= 4 is 27.5 Å². The van der Waals surface area contributed by atoms with E-state index >= 15 is 0 Å². The highest BCUT2D eigenvalue weighted by molar-refractivity contribution is 7.89. The van der Waals surface area contributed by atoms with Gasteiger partial charge in [-0.05, 0) is 43.9 Å². The first kappa shape index (κ1) is 22.6. The predicted octanol–water partition coefficient (Wildman–Crippen LogP) is 2.36. The number of benzene rings is 1. The number of rotatable bonds is 6. The number of amides is 2. The van der Waals surface area contributed by atoms with Gasteiger partial charge >= 0.3 is 0 Å². The third-order valence-corrected chi connectivity index (χ3v) is 6.88. The standard InChI is InChI=1S/C21H31N3O5S/c1-21(2,3)20(26)24-11-5-6-14(13-24)19(25)22-17-12-16(9-10-18(17)29-4)30(27,28)23-15-7-8-15/h9-10,12,14-15,23H,5-8,11,13H2,1-4H3,(H,22,25). The van der Waals surface area contributed by atoms with Crippen LogP contribution in [0.1, 0.15) is 46.5 Å². The molecule has 0 spiro atoms. The number of ether oxygens (including phenoxy) is 1. The van der Waals surface area contributed by atoms with Crippen LogP contribution in [-0.4, -0.2) is 51.4 Å². The third-order valence-electron chi connectivity index (χ3n) is 5.36. The summed E-state index contributed by atoms with van der Waals surface area (Å²) < 4.78 is 33.0. The summed E-state index contributed by atoms with van der Waals surface area (Å²) in [6.45, 7) is 6.59. The molecule has 2 aliphatic rings. The molecule has 1 aromatic rings. The zero-order chi connectivity index (χ0) is 22.1. The number of nitrogens with zero attached hydrogens (tertiary/aromatic N) is 1. The average Bonchev–Trinajstić information content (AvgIpc) is 3.50. The summed E-state index contributed by atoms with van der Waals surface area (Å²) in [6.07, 6.45) is 3.09. The molecule has 8 nitrogen and oxygen atoms in total. The van der Waals surface area contributed by atoms with Crippen LogP contribution in [0.25, 0.3) is 0 Å². The van der Waals surface area contributed by atoms with Crippen LogP contribution in [0.2, 0.25) is 0 Å². The Morgan fingerprint density at radius 2 is 1.87 bits per heavy atom. The Hall–Kier alpha value is -2.13. The Morgan fingerprint density at radius 3 is 2.47 bits per heavy atom. The molecule has 1 aromatic carbocycles. The summed E-state index contributed by atoms with van der Waals surface area (Å²) >= 11 is 0. The maximum Gasteiger partial charge on any atom is 0.240 e. The number of piperidine rings is 1. The van der Waals surface area contributed by atoms with E-state index in [1.54, 1.807) is 4.90 Å². The number of carbonyl (C=O) groups is 2. The number of anilines is 1. The van der Waals surface area contributed by atoms with E-state index < -0.39 is 15.4 Å². The smallest absolute Gasteiger partial charge is 0.240 e. The molecule has 9 heteroatoms. The number of hydrogen-bond acceptors (Lipinski definition) is 5. The Kier molecular flexibility index (Phi) is 6.43. The third kappa shape index (κ3) is 5.31. The van der Waals surface area contributed by atoms with Crippen molar-refractivity contribution in [2.75, 3.05) is 25.5 Å². The van der Waals surface area contributed by atoms with Gasteiger partial charge < -0.3 is 15.0 Å². The molecule has 1 atom stereocenters. The van der Waals surface area contributed by atoms with Crippen molar-refractivity contribution in [1.82, 2.24) is 9.62 Å². The van der Waals surface area contributed by atoms with Crippen molar-refractivity contribution in [3.63, 3.8) is 0 Å². The second kappa shape index (κ2) is 8.55. The minimum Gasteiger partial charge on any atom is -0.495 e. The van der Waals surface area contributed by atoms with Gasteiger partial charge in [0, 0.05) is 24.5 Å². The molecule has 3 rings (SSSR count). The lowest BCUT2D eigenvalue weighted by Crippen LogP contribution is -2.47. The molecule has 30 heavy (non-hydrogen) atoms. The summed E-state index contributed by atoms with van der Waals surface area (Å²) in [5.74, 6) is -0.201. The number of methoxy groups -OCH3 is 1. The zero-order valence-electron chi connectivity index (χ0n) is 18.0. The van der Waals surface area contributed by atoms with Gasteiger partial charge in [-0.3, -0.25) is 9.59 Å². The van der Waals surface area contributed by atoms with Crippen molar-refractivity contribution in [1.29, 1.82) is 0 Å². The second-order valence-electron chi connectivity index (χ2n) is 9.09. The van der Waals surface area contributed by atoms with Gasteiger partial charge in [-0.25, -0.2) is 13.1 Å². The van der Waals surface area contributed by atoms with E-state index in [4.69, 9.17) is 4.74 Å². The van der Waals surface area contributed by atoms with E-state index in [0.29, 0.717) is 30.9 Å². The SMILES string of the molecule is COc1ccc(S(=O)(=O)NC2CC2)cc1NC(=O)C1CCCN(C(=O)C(C)(C)C)C1. The van der Waals surface area contributed by atoms with Crippen LogP contribution in [0, 0.1) is 11.3 Å². The molecule has 1 saturated heterocycles. The first-order valence-corrected chi connectivity index (χ1v) is 11.8. The first-order chi connectivity index (χ1) is 14.0. The van der Waals surface area contributed by atoms with Crippen LogP contribution in [0.15, 0.2) is 23.1 Å². The van der Waals surface area contributed by atoms with Gasteiger partial charge in [0.1, 0.15) is 5.75 Å². The van der Waals surface area contributed by atoms with Crippen LogP contribution in [0.5, 0.6) is 5.75 Å². The lowest BCUT2D eigenvalue weighted by molar-refractivity contribution is -0.142. The van der Waals surface area contributed by atoms with Gasteiger partial charge in [0.05, 0.1) is 23.6 Å². The molecular formula is C21H31N3O5S. The number of carbonyl (C=O) groups excluding carboxylic acids is 2. The molecule has 0 bridgehead atoms. The maximum atomic E-state index is 12.9. The topological polar surface area (TPSA) is 105 Å². The highest BCUT2D eigenvalue weighted by Gasteiger charge is 2.34. The quantitative estimate of drug-likeness (QED) is 0.711. The lowest BCUT2D eigenvalue weighted by atomic mass is 9.91. The lowest BCUT2D eigenvalue weighted by Gasteiger charge is -2.36. The molecular weight excluding hydrogens is 406 g/mol. The van der Waals surface area contributed by atoms with Crippen LogP contribution in [-0.2, 0) is 19.6 Å². The number of likely N-dealkylation sites (tertiary alicyclic amines) is 1. The van der Waals surface area contributed by atoms with Crippen LogP contribution in [0.4, 0.5) is 5.69 Å². The Balaban J connectivity index is 1.75. The normalized spacial score (nSPS) is 20.0. The summed E-state index contributed by atoms with van der Waals surface area (Å²) in [7, 11) is -2.19. The Labute approximate surface area is 178 Å². The van der Waals surface area contributed by atoms with Crippen molar-refractivity contribution in [2.45, 2.75) is 57.4 Å². The molecule has 0 radical (unpaired) electrons. The van der Waals surface area contributed by atoms with Crippen molar-refractivity contribution in [3.8, 4) is 5.75 Å². The largest absolute Gasteiger partial charge is 0.495 e. The number of sulfonamides is 1. The molecule has 166 valence electrons. The van der Waals surface area contributed by atoms with E-state index in [1.165, 1.54) is 25.3 Å². The van der Waals surface area contributed by atoms with Crippen LogP contribution < -0.4 is 14.8 Å². The molecule has 1 aliphatic carbocycles. The van der Waals surface area contributed by atoms with E-state index in [0.717, 1.165) is 19.3 Å². The number of hydrogen-bond donors (Lipinski definition) is 2. The molecule has 1 aliphatic heterocycles. The van der Waals surface area contributed by atoms with Crippen molar-refractivity contribution in [3.05, 3.63) is 18.2 Å². The Morgan fingerprint density at radius 1 is 1.17 bits per heavy atom. The fourth-order valence-electron chi connectivity index (χ4n) is 3.53. The molecule has 1 heterocycles. The summed E-state index contributed by atoms with van der Waals surface area (Å²) in [4.78, 5) is 27.4. The highest BCUT2D eigenvalue weighted by Crippen LogP contribution is 2.31. The summed E-state index contributed by atoms with van der Waals surface area (Å²) in [5, 5.41) is 2.82. The van der Waals surface area contributed by atoms with Crippen LogP contribution in [0.3, 0.4) is 0 Å². The minimum absolute atomic E-state index is 0.0104. The number of nitrogens with one attached hydrogen (secondary N) is 2. The maximum absolute atomic E-state index is 12.9. The average molecular weight is 438 g/mol. The van der Waals surface area contributed by atoms with Gasteiger partial charge in [-0.2, -0.15) is 0 Å². The van der Waals surface area contributed by atoms with Gasteiger partial charge in [-0.1, -0.05) is 20.8 Å². The molecule has 0 aromatic heterocycles. The molecule has 1 unspecified atom stereocenters. The first-order valence-electron chi connectivity index (χ1n) is 10.3. The monoisotopic (exact) mass is 437 g/mol. The highest BCUT2D eigenvalue weighted by atomic mass is 32.2. The van der Waals surface area contributed by atoms with E-state index in [1.807, 2.05) is 20.8 Å². The van der Waals surface area contributed by atoms with Gasteiger partial charge in [0.25, 0.3) is 0 Å². The molecule has 2 fully saturated rings. The van der Waals surface area contributed by atoms with Gasteiger partial charge in [0.2, 0.25) is 21.8 Å². The van der Waals surface area contributed by atoms with Gasteiger partial charge in [0.15, 0.2) is 0 Å². The second-order valence-corrected chi connectivity index (χ2v) is 10.8. The van der Waals surface area contributed by atoms with Crippen molar-refractivity contribution in [2.24, 2.45) is 11.3 Å². The van der Waals surface area contributed by atoms with E-state index in [2.05, 4.69) is 10.0 Å². The minimum atomic E-state index is -3.65. The van der Waals surface area contributed by atoms with E-state index in [-0.39, 0.29) is 28.7 Å². The summed E-state index contributed by atoms with van der Waals surface area (Å²) in [6, 6.07) is 4.41. The van der Waals surface area contributed by atoms with Crippen LogP contribution >= 0.6 is 0 Å². The summed E-state index contributed by atoms with van der Waals surface area (Å²) in [5.41, 5.74) is -0.195. The molecule has 2 N–H and O–H groups in total. The Bertz CT molecular complexity index is 919. The van der Waals surface area contributed by atoms with Gasteiger partial charge in [-0.15, -0.1) is 0 Å². The molecule has 1 saturated carbocycles. The predicted molar refractivity (Wildman–Crippen MR) is 114 cm³/mol. The van der Waals surface area contributed by atoms with Crippen molar-refractivity contribution < 1.29 is 22.7 Å². The zero-order valence-corrected chi connectivity index (χ0v) is 18.8. The fraction of sp³-hybridized carbons (Fsp3) is 0.619. The molecule has 2 amide bonds. The fourth-order valence-corrected chi connectivity index (χ4v) is 4.86. The van der Waals surface area contributed by atoms with E-state index in [9.17, 15) is 18.0 Å².